The zero-order valence-electron chi connectivity index (χ0n) is 12.6. The quantitative estimate of drug-likeness (QED) is 0.737. The van der Waals surface area contributed by atoms with Crippen molar-refractivity contribution in [2.24, 2.45) is 0 Å². The van der Waals surface area contributed by atoms with Crippen LogP contribution in [0.25, 0.3) is 0 Å². The van der Waals surface area contributed by atoms with E-state index in [2.05, 4.69) is 34.2 Å². The minimum absolute atomic E-state index is 0.286. The summed E-state index contributed by atoms with van der Waals surface area (Å²) < 4.78 is 6.97. The van der Waals surface area contributed by atoms with Gasteiger partial charge < -0.3 is 10.1 Å². The molecule has 0 aromatic heterocycles. The standard InChI is InChI=1S/C17H19BrClNO/c1-10-7-14(8-11(2)17(10)19)21-13-5-6-15(12(3)20-4)16(18)9-13/h5-9,12,20H,1-4H3. The summed E-state index contributed by atoms with van der Waals surface area (Å²) in [6.45, 7) is 6.08. The second-order valence-electron chi connectivity index (χ2n) is 5.17. The van der Waals surface area contributed by atoms with Gasteiger partial charge in [0.1, 0.15) is 11.5 Å². The van der Waals surface area contributed by atoms with Crippen LogP contribution in [0.15, 0.2) is 34.8 Å². The van der Waals surface area contributed by atoms with E-state index in [1.165, 1.54) is 5.56 Å². The molecular formula is C17H19BrClNO. The number of halogens is 2. The largest absolute Gasteiger partial charge is 0.457 e. The molecule has 0 aliphatic carbocycles. The van der Waals surface area contributed by atoms with E-state index in [4.69, 9.17) is 16.3 Å². The molecule has 1 unspecified atom stereocenters. The van der Waals surface area contributed by atoms with Crippen molar-refractivity contribution in [3.63, 3.8) is 0 Å². The molecule has 4 heteroatoms. The van der Waals surface area contributed by atoms with Crippen molar-refractivity contribution in [2.75, 3.05) is 7.05 Å². The van der Waals surface area contributed by atoms with Crippen LogP contribution in [-0.4, -0.2) is 7.05 Å². The number of rotatable bonds is 4. The third kappa shape index (κ3) is 3.79. The minimum atomic E-state index is 0.286. The van der Waals surface area contributed by atoms with Gasteiger partial charge >= 0.3 is 0 Å². The van der Waals surface area contributed by atoms with Crippen molar-refractivity contribution >= 4 is 27.5 Å². The molecule has 2 nitrogen and oxygen atoms in total. The molecular weight excluding hydrogens is 350 g/mol. The van der Waals surface area contributed by atoms with E-state index in [9.17, 15) is 0 Å². The Kier molecular flexibility index (Phi) is 5.31. The Labute approximate surface area is 139 Å². The summed E-state index contributed by atoms with van der Waals surface area (Å²) in [6.07, 6.45) is 0. The van der Waals surface area contributed by atoms with Gasteiger partial charge in [0.15, 0.2) is 0 Å². The third-order valence-corrected chi connectivity index (χ3v) is 4.80. The fraction of sp³-hybridized carbons (Fsp3) is 0.294. The van der Waals surface area contributed by atoms with E-state index in [0.29, 0.717) is 0 Å². The van der Waals surface area contributed by atoms with Gasteiger partial charge in [0.25, 0.3) is 0 Å². The summed E-state index contributed by atoms with van der Waals surface area (Å²) in [4.78, 5) is 0. The van der Waals surface area contributed by atoms with Crippen molar-refractivity contribution < 1.29 is 4.74 Å². The van der Waals surface area contributed by atoms with E-state index in [1.807, 2.05) is 45.2 Å². The molecule has 1 N–H and O–H groups in total. The predicted octanol–water partition coefficient (Wildman–Crippen LogP) is 5.79. The highest BCUT2D eigenvalue weighted by Crippen LogP contribution is 2.32. The Balaban J connectivity index is 2.26. The average Bonchev–Trinajstić information content (AvgIpc) is 2.44. The zero-order chi connectivity index (χ0) is 15.6. The molecule has 0 aliphatic heterocycles. The Hall–Kier alpha value is -1.03. The molecule has 0 saturated heterocycles. The molecule has 0 spiro atoms. The van der Waals surface area contributed by atoms with Crippen LogP contribution in [0.2, 0.25) is 5.02 Å². The molecule has 0 aliphatic rings. The van der Waals surface area contributed by atoms with Crippen LogP contribution in [0.5, 0.6) is 11.5 Å². The Bertz CT molecular complexity index is 634. The van der Waals surface area contributed by atoms with E-state index in [0.717, 1.165) is 32.1 Å². The number of hydrogen-bond acceptors (Lipinski definition) is 2. The number of benzene rings is 2. The van der Waals surface area contributed by atoms with E-state index in [-0.39, 0.29) is 6.04 Å². The molecule has 1 atom stereocenters. The number of aryl methyl sites for hydroxylation is 2. The molecule has 0 amide bonds. The first-order valence-corrected chi connectivity index (χ1v) is 8.00. The third-order valence-electron chi connectivity index (χ3n) is 3.52. The highest BCUT2D eigenvalue weighted by molar-refractivity contribution is 9.10. The van der Waals surface area contributed by atoms with Crippen molar-refractivity contribution in [1.82, 2.24) is 5.32 Å². The average molecular weight is 369 g/mol. The molecule has 0 heterocycles. The Morgan fingerprint density at radius 1 is 1.10 bits per heavy atom. The van der Waals surface area contributed by atoms with Crippen LogP contribution in [-0.2, 0) is 0 Å². The van der Waals surface area contributed by atoms with E-state index < -0.39 is 0 Å². The lowest BCUT2D eigenvalue weighted by Crippen LogP contribution is -2.12. The first-order chi connectivity index (χ1) is 9.92. The van der Waals surface area contributed by atoms with Crippen LogP contribution in [0.3, 0.4) is 0 Å². The second-order valence-corrected chi connectivity index (χ2v) is 6.40. The van der Waals surface area contributed by atoms with Gasteiger partial charge in [-0.05, 0) is 68.8 Å². The molecule has 0 radical (unpaired) electrons. The summed E-state index contributed by atoms with van der Waals surface area (Å²) in [7, 11) is 1.95. The number of hydrogen-bond donors (Lipinski definition) is 1. The molecule has 2 rings (SSSR count). The topological polar surface area (TPSA) is 21.3 Å². The second kappa shape index (κ2) is 6.82. The van der Waals surface area contributed by atoms with E-state index >= 15 is 0 Å². The van der Waals surface area contributed by atoms with Crippen LogP contribution in [0, 0.1) is 13.8 Å². The molecule has 2 aromatic rings. The van der Waals surface area contributed by atoms with E-state index in [1.54, 1.807) is 0 Å². The maximum absolute atomic E-state index is 6.18. The molecule has 0 bridgehead atoms. The van der Waals surface area contributed by atoms with Crippen LogP contribution in [0.4, 0.5) is 0 Å². The predicted molar refractivity (Wildman–Crippen MR) is 92.6 cm³/mol. The lowest BCUT2D eigenvalue weighted by atomic mass is 10.1. The lowest BCUT2D eigenvalue weighted by molar-refractivity contribution is 0.481. The number of nitrogens with one attached hydrogen (secondary N) is 1. The smallest absolute Gasteiger partial charge is 0.128 e. The zero-order valence-corrected chi connectivity index (χ0v) is 15.0. The van der Waals surface area contributed by atoms with Gasteiger partial charge in [-0.1, -0.05) is 33.6 Å². The number of ether oxygens (including phenoxy) is 1. The van der Waals surface area contributed by atoms with Crippen LogP contribution < -0.4 is 10.1 Å². The molecule has 21 heavy (non-hydrogen) atoms. The van der Waals surface area contributed by atoms with Gasteiger partial charge in [-0.3, -0.25) is 0 Å². The van der Waals surface area contributed by atoms with Gasteiger partial charge in [0.2, 0.25) is 0 Å². The summed E-state index contributed by atoms with van der Waals surface area (Å²) in [5, 5.41) is 4.02. The molecule has 0 saturated carbocycles. The summed E-state index contributed by atoms with van der Waals surface area (Å²) in [6, 6.07) is 10.2. The fourth-order valence-electron chi connectivity index (χ4n) is 2.18. The van der Waals surface area contributed by atoms with Crippen LogP contribution in [0.1, 0.15) is 29.7 Å². The summed E-state index contributed by atoms with van der Waals surface area (Å²) in [5.74, 6) is 1.60. The fourth-order valence-corrected chi connectivity index (χ4v) is 2.99. The first-order valence-electron chi connectivity index (χ1n) is 6.83. The monoisotopic (exact) mass is 367 g/mol. The van der Waals surface area contributed by atoms with Crippen molar-refractivity contribution in [3.05, 3.63) is 56.5 Å². The highest BCUT2D eigenvalue weighted by Gasteiger charge is 2.10. The maximum atomic E-state index is 6.18. The van der Waals surface area contributed by atoms with Crippen LogP contribution >= 0.6 is 27.5 Å². The van der Waals surface area contributed by atoms with Crippen molar-refractivity contribution in [2.45, 2.75) is 26.8 Å². The van der Waals surface area contributed by atoms with Gasteiger partial charge in [0, 0.05) is 15.5 Å². The van der Waals surface area contributed by atoms with Crippen molar-refractivity contribution in [3.8, 4) is 11.5 Å². The molecule has 2 aromatic carbocycles. The van der Waals surface area contributed by atoms with Gasteiger partial charge in [-0.2, -0.15) is 0 Å². The SMILES string of the molecule is CNC(C)c1ccc(Oc2cc(C)c(Cl)c(C)c2)cc1Br. The lowest BCUT2D eigenvalue weighted by Gasteiger charge is -2.15. The molecule has 112 valence electrons. The summed E-state index contributed by atoms with van der Waals surface area (Å²) >= 11 is 9.78. The maximum Gasteiger partial charge on any atom is 0.128 e. The normalized spacial score (nSPS) is 12.3. The highest BCUT2D eigenvalue weighted by atomic mass is 79.9. The first kappa shape index (κ1) is 16.3. The summed E-state index contributed by atoms with van der Waals surface area (Å²) in [5.41, 5.74) is 3.24. The van der Waals surface area contributed by atoms with Gasteiger partial charge in [-0.15, -0.1) is 0 Å². The molecule has 0 fully saturated rings. The van der Waals surface area contributed by atoms with Gasteiger partial charge in [0.05, 0.1) is 0 Å². The Morgan fingerprint density at radius 2 is 1.71 bits per heavy atom. The minimum Gasteiger partial charge on any atom is -0.457 e. The van der Waals surface area contributed by atoms with Crippen molar-refractivity contribution in [1.29, 1.82) is 0 Å². The Morgan fingerprint density at radius 3 is 2.24 bits per heavy atom. The van der Waals surface area contributed by atoms with Gasteiger partial charge in [-0.25, -0.2) is 0 Å².